The third-order valence-electron chi connectivity index (χ3n) is 6.54. The van der Waals surface area contributed by atoms with Crippen LogP contribution < -0.4 is 14.2 Å². The second-order valence-corrected chi connectivity index (χ2v) is 8.76. The Morgan fingerprint density at radius 2 is 1.88 bits per heavy atom. The van der Waals surface area contributed by atoms with Gasteiger partial charge in [0.1, 0.15) is 12.4 Å². The molecule has 4 rings (SSSR count). The summed E-state index contributed by atoms with van der Waals surface area (Å²) < 4.78 is 27.1. The Labute approximate surface area is 201 Å². The number of amides is 1. The fraction of sp³-hybridized carbons (Fsp3) is 0.500. The van der Waals surface area contributed by atoms with Crippen LogP contribution in [0.4, 0.5) is 0 Å². The number of hydrogen-bond acceptors (Lipinski definition) is 7. The monoisotopic (exact) mass is 470 g/mol. The van der Waals surface area contributed by atoms with Gasteiger partial charge in [-0.2, -0.15) is 0 Å². The summed E-state index contributed by atoms with van der Waals surface area (Å²) in [6.45, 7) is 4.52. The quantitative estimate of drug-likeness (QED) is 0.500. The average molecular weight is 471 g/mol. The first-order valence-corrected chi connectivity index (χ1v) is 11.6. The third-order valence-corrected chi connectivity index (χ3v) is 6.54. The van der Waals surface area contributed by atoms with Gasteiger partial charge in [-0.25, -0.2) is 0 Å². The maximum absolute atomic E-state index is 12.8. The normalized spacial score (nSPS) is 19.4. The minimum absolute atomic E-state index is 0.0208. The van der Waals surface area contributed by atoms with Gasteiger partial charge in [0.2, 0.25) is 12.7 Å². The number of rotatable bonds is 11. The summed E-state index contributed by atoms with van der Waals surface area (Å²) in [5.74, 6) is 2.92. The van der Waals surface area contributed by atoms with Gasteiger partial charge in [-0.15, -0.1) is 0 Å². The number of carbonyl (C=O) groups is 1. The van der Waals surface area contributed by atoms with Gasteiger partial charge >= 0.3 is 0 Å². The van der Waals surface area contributed by atoms with Crippen molar-refractivity contribution in [3.8, 4) is 17.2 Å². The number of carbonyl (C=O) groups excluding carboxylic acids is 1. The molecule has 8 nitrogen and oxygen atoms in total. The van der Waals surface area contributed by atoms with E-state index in [9.17, 15) is 4.79 Å². The van der Waals surface area contributed by atoms with E-state index in [4.69, 9.17) is 23.7 Å². The van der Waals surface area contributed by atoms with Crippen LogP contribution in [0.2, 0.25) is 0 Å². The van der Waals surface area contributed by atoms with Gasteiger partial charge in [0.25, 0.3) is 0 Å². The van der Waals surface area contributed by atoms with Gasteiger partial charge in [0.15, 0.2) is 11.5 Å². The van der Waals surface area contributed by atoms with Crippen LogP contribution in [0.3, 0.4) is 0 Å². The first kappa shape index (κ1) is 24.3. The molecule has 0 N–H and O–H groups in total. The van der Waals surface area contributed by atoms with Gasteiger partial charge in [-0.3, -0.25) is 9.69 Å². The summed E-state index contributed by atoms with van der Waals surface area (Å²) >= 11 is 0. The first-order valence-electron chi connectivity index (χ1n) is 11.6. The molecule has 0 bridgehead atoms. The lowest BCUT2D eigenvalue weighted by atomic mass is 9.88. The second kappa shape index (κ2) is 11.6. The van der Waals surface area contributed by atoms with Gasteiger partial charge in [0, 0.05) is 52.9 Å². The molecule has 0 aliphatic carbocycles. The molecule has 2 aliphatic rings. The standard InChI is InChI=1S/C26H34N2O6/c1-30-11-10-28(26(29)17-31-2)15-20-14-27(13-19-8-9-24-25(12-19)34-18-33-24)16-22(20)21-6-4-5-7-23(21)32-3/h4-9,12,20,22H,10-11,13-18H2,1-3H3. The molecule has 0 radical (unpaired) electrons. The van der Waals surface area contributed by atoms with Crippen molar-refractivity contribution in [3.05, 3.63) is 53.6 Å². The van der Waals surface area contributed by atoms with Crippen LogP contribution in [0.25, 0.3) is 0 Å². The van der Waals surface area contributed by atoms with E-state index in [0.717, 1.165) is 36.9 Å². The average Bonchev–Trinajstić information content (AvgIpc) is 3.48. The number of nitrogens with zero attached hydrogens (tertiary/aromatic N) is 2. The molecule has 2 atom stereocenters. The number of ether oxygens (including phenoxy) is 5. The molecular weight excluding hydrogens is 436 g/mol. The van der Waals surface area contributed by atoms with E-state index in [-0.39, 0.29) is 31.1 Å². The first-order chi connectivity index (χ1) is 16.6. The summed E-state index contributed by atoms with van der Waals surface area (Å²) in [6.07, 6.45) is 0. The molecule has 1 fully saturated rings. The van der Waals surface area contributed by atoms with Crippen LogP contribution >= 0.6 is 0 Å². The smallest absolute Gasteiger partial charge is 0.248 e. The topological polar surface area (TPSA) is 69.7 Å². The van der Waals surface area contributed by atoms with Crippen LogP contribution in [0.1, 0.15) is 17.0 Å². The van der Waals surface area contributed by atoms with E-state index >= 15 is 0 Å². The number of likely N-dealkylation sites (tertiary alicyclic amines) is 1. The fourth-order valence-corrected chi connectivity index (χ4v) is 4.91. The van der Waals surface area contributed by atoms with Crippen molar-refractivity contribution in [2.45, 2.75) is 12.5 Å². The molecule has 2 aromatic rings. The highest BCUT2D eigenvalue weighted by Crippen LogP contribution is 2.39. The Morgan fingerprint density at radius 1 is 1.06 bits per heavy atom. The molecule has 34 heavy (non-hydrogen) atoms. The van der Waals surface area contributed by atoms with Gasteiger partial charge < -0.3 is 28.6 Å². The van der Waals surface area contributed by atoms with Crippen LogP contribution in [0.15, 0.2) is 42.5 Å². The molecule has 0 aromatic heterocycles. The Bertz CT molecular complexity index is 968. The van der Waals surface area contributed by atoms with Crippen LogP contribution in [0.5, 0.6) is 17.2 Å². The molecule has 184 valence electrons. The maximum Gasteiger partial charge on any atom is 0.248 e. The van der Waals surface area contributed by atoms with Gasteiger partial charge in [-0.05, 0) is 35.2 Å². The number of para-hydroxylation sites is 1. The van der Waals surface area contributed by atoms with Crippen molar-refractivity contribution in [1.29, 1.82) is 0 Å². The van der Waals surface area contributed by atoms with E-state index in [2.05, 4.69) is 23.1 Å². The Kier molecular flexibility index (Phi) is 8.26. The van der Waals surface area contributed by atoms with E-state index in [0.29, 0.717) is 19.7 Å². The minimum atomic E-state index is -0.0208. The Balaban J connectivity index is 1.55. The Morgan fingerprint density at radius 3 is 2.68 bits per heavy atom. The molecular formula is C26H34N2O6. The molecule has 2 heterocycles. The van der Waals surface area contributed by atoms with E-state index < -0.39 is 0 Å². The molecule has 1 saturated heterocycles. The zero-order chi connectivity index (χ0) is 23.9. The zero-order valence-corrected chi connectivity index (χ0v) is 20.2. The summed E-state index contributed by atoms with van der Waals surface area (Å²) in [7, 11) is 4.91. The zero-order valence-electron chi connectivity index (χ0n) is 20.2. The SMILES string of the molecule is COCCN(CC1CN(Cc2ccc3c(c2)OCO3)CC1c1ccccc1OC)C(=O)COC. The van der Waals surface area contributed by atoms with Gasteiger partial charge in [-0.1, -0.05) is 24.3 Å². The van der Waals surface area contributed by atoms with Crippen molar-refractivity contribution in [2.75, 3.05) is 67.5 Å². The maximum atomic E-state index is 12.8. The number of benzene rings is 2. The summed E-state index contributed by atoms with van der Waals surface area (Å²) in [5, 5.41) is 0. The highest BCUT2D eigenvalue weighted by atomic mass is 16.7. The summed E-state index contributed by atoms with van der Waals surface area (Å²) in [5.41, 5.74) is 2.35. The van der Waals surface area contributed by atoms with Crippen LogP contribution in [-0.4, -0.2) is 83.2 Å². The Hall–Kier alpha value is -2.81. The highest BCUT2D eigenvalue weighted by molar-refractivity contribution is 5.77. The molecule has 0 saturated carbocycles. The lowest BCUT2D eigenvalue weighted by Gasteiger charge is -2.29. The van der Waals surface area contributed by atoms with Crippen molar-refractivity contribution in [2.24, 2.45) is 5.92 Å². The number of fused-ring (bicyclic) bond motifs is 1. The van der Waals surface area contributed by atoms with E-state index in [1.54, 1.807) is 21.3 Å². The van der Waals surface area contributed by atoms with Crippen LogP contribution in [-0.2, 0) is 20.8 Å². The number of methoxy groups -OCH3 is 3. The largest absolute Gasteiger partial charge is 0.496 e. The predicted molar refractivity (Wildman–Crippen MR) is 127 cm³/mol. The molecule has 0 spiro atoms. The molecule has 1 amide bonds. The predicted octanol–water partition coefficient (Wildman–Crippen LogP) is 2.76. The van der Waals surface area contributed by atoms with Crippen LogP contribution in [0, 0.1) is 5.92 Å². The van der Waals surface area contributed by atoms with Crippen molar-refractivity contribution in [1.82, 2.24) is 9.80 Å². The lowest BCUT2D eigenvalue weighted by Crippen LogP contribution is -2.41. The number of hydrogen-bond donors (Lipinski definition) is 0. The molecule has 2 unspecified atom stereocenters. The summed E-state index contributed by atoms with van der Waals surface area (Å²) in [4.78, 5) is 17.1. The molecule has 2 aliphatic heterocycles. The van der Waals surface area contributed by atoms with E-state index in [1.165, 1.54) is 11.1 Å². The fourth-order valence-electron chi connectivity index (χ4n) is 4.91. The van der Waals surface area contributed by atoms with Crippen molar-refractivity contribution in [3.63, 3.8) is 0 Å². The lowest BCUT2D eigenvalue weighted by molar-refractivity contribution is -0.136. The van der Waals surface area contributed by atoms with Crippen molar-refractivity contribution >= 4 is 5.91 Å². The second-order valence-electron chi connectivity index (χ2n) is 8.76. The van der Waals surface area contributed by atoms with Crippen molar-refractivity contribution < 1.29 is 28.5 Å². The highest BCUT2D eigenvalue weighted by Gasteiger charge is 2.37. The van der Waals surface area contributed by atoms with E-state index in [1.807, 2.05) is 29.2 Å². The van der Waals surface area contributed by atoms with Gasteiger partial charge in [0.05, 0.1) is 13.7 Å². The minimum Gasteiger partial charge on any atom is -0.496 e. The third kappa shape index (κ3) is 5.63. The molecule has 2 aromatic carbocycles. The molecule has 8 heteroatoms. The summed E-state index contributed by atoms with van der Waals surface area (Å²) in [6, 6.07) is 14.3.